The summed E-state index contributed by atoms with van der Waals surface area (Å²) in [7, 11) is 0. The second kappa shape index (κ2) is 7.48. The molecule has 1 aliphatic heterocycles. The van der Waals surface area contributed by atoms with E-state index < -0.39 is 0 Å². The fraction of sp³-hybridized carbons (Fsp3) is 0.300. The number of carbonyl (C=O) groups excluding carboxylic acids is 1. The molecule has 2 aromatic heterocycles. The Kier molecular flexibility index (Phi) is 5.28. The van der Waals surface area contributed by atoms with E-state index in [9.17, 15) is 4.79 Å². The van der Waals surface area contributed by atoms with E-state index in [1.165, 1.54) is 0 Å². The maximum Gasteiger partial charge on any atom is 0.255 e. The van der Waals surface area contributed by atoms with E-state index in [1.54, 1.807) is 21.8 Å². The number of halogens is 1. The van der Waals surface area contributed by atoms with Crippen molar-refractivity contribution in [1.29, 1.82) is 0 Å². The van der Waals surface area contributed by atoms with E-state index in [4.69, 9.17) is 11.6 Å². The molecule has 1 amide bonds. The van der Waals surface area contributed by atoms with Gasteiger partial charge < -0.3 is 4.90 Å². The molecular formula is C20H22ClN5O. The number of fused-ring (bicyclic) bond motifs is 1. The summed E-state index contributed by atoms with van der Waals surface area (Å²) in [6.07, 6.45) is 2.39. The Bertz CT molecular complexity index is 970. The van der Waals surface area contributed by atoms with E-state index in [-0.39, 0.29) is 19.4 Å². The van der Waals surface area contributed by atoms with Gasteiger partial charge in [0.2, 0.25) is 0 Å². The zero-order valence-corrected chi connectivity index (χ0v) is 15.3. The first kappa shape index (κ1) is 19.0. The molecule has 0 bridgehead atoms. The highest BCUT2D eigenvalue weighted by molar-refractivity contribution is 6.34. The summed E-state index contributed by atoms with van der Waals surface area (Å²) in [4.78, 5) is 19.2. The number of carbonyl (C=O) groups is 1. The van der Waals surface area contributed by atoms with Crippen LogP contribution in [0.1, 0.15) is 41.7 Å². The van der Waals surface area contributed by atoms with Gasteiger partial charge in [0.05, 0.1) is 22.8 Å². The summed E-state index contributed by atoms with van der Waals surface area (Å²) in [6.45, 7) is 4.34. The SMILES string of the molecule is C.Cc1cccc(C(=O)N2Cc3nnn(-c4ccccn4)c3C[C@@H]2C)c1Cl. The second-order valence-electron chi connectivity index (χ2n) is 6.51. The molecule has 0 unspecified atom stereocenters. The van der Waals surface area contributed by atoms with Gasteiger partial charge in [0, 0.05) is 18.7 Å². The Hall–Kier alpha value is -2.73. The Balaban J connectivity index is 0.00000210. The molecule has 0 saturated heterocycles. The highest BCUT2D eigenvalue weighted by Gasteiger charge is 2.32. The van der Waals surface area contributed by atoms with Gasteiger partial charge in [-0.1, -0.05) is 42.4 Å². The van der Waals surface area contributed by atoms with Gasteiger partial charge >= 0.3 is 0 Å². The third-order valence-electron chi connectivity index (χ3n) is 4.73. The van der Waals surface area contributed by atoms with Crippen LogP contribution in [-0.2, 0) is 13.0 Å². The molecule has 1 atom stereocenters. The van der Waals surface area contributed by atoms with Crippen LogP contribution in [0.25, 0.3) is 5.82 Å². The molecule has 3 aromatic rings. The topological polar surface area (TPSA) is 63.9 Å². The van der Waals surface area contributed by atoms with Crippen molar-refractivity contribution in [2.24, 2.45) is 0 Å². The molecule has 0 fully saturated rings. The monoisotopic (exact) mass is 383 g/mol. The average molecular weight is 384 g/mol. The highest BCUT2D eigenvalue weighted by atomic mass is 35.5. The molecule has 3 heterocycles. The van der Waals surface area contributed by atoms with Crippen LogP contribution in [0.2, 0.25) is 5.02 Å². The predicted octanol–water partition coefficient (Wildman–Crippen LogP) is 3.85. The van der Waals surface area contributed by atoms with Crippen LogP contribution in [-0.4, -0.2) is 36.8 Å². The van der Waals surface area contributed by atoms with E-state index in [1.807, 2.05) is 44.2 Å². The minimum Gasteiger partial charge on any atom is -0.329 e. The maximum atomic E-state index is 13.0. The van der Waals surface area contributed by atoms with E-state index in [2.05, 4.69) is 15.3 Å². The van der Waals surface area contributed by atoms with Crippen LogP contribution in [0, 0.1) is 6.92 Å². The molecule has 1 aliphatic rings. The average Bonchev–Trinajstić information content (AvgIpc) is 3.06. The molecule has 7 heteroatoms. The van der Waals surface area contributed by atoms with Crippen LogP contribution < -0.4 is 0 Å². The molecule has 6 nitrogen and oxygen atoms in total. The molecule has 0 radical (unpaired) electrons. The Morgan fingerprint density at radius 3 is 2.78 bits per heavy atom. The molecule has 27 heavy (non-hydrogen) atoms. The Labute approximate surface area is 163 Å². The van der Waals surface area contributed by atoms with Gasteiger partial charge in [0.1, 0.15) is 5.69 Å². The van der Waals surface area contributed by atoms with Gasteiger partial charge in [-0.05, 0) is 37.6 Å². The first-order valence-corrected chi connectivity index (χ1v) is 8.85. The van der Waals surface area contributed by atoms with Crippen molar-refractivity contribution >= 4 is 17.5 Å². The third kappa shape index (κ3) is 3.32. The van der Waals surface area contributed by atoms with Crippen molar-refractivity contribution in [1.82, 2.24) is 24.9 Å². The number of hydrogen-bond acceptors (Lipinski definition) is 4. The predicted molar refractivity (Wildman–Crippen MR) is 105 cm³/mol. The summed E-state index contributed by atoms with van der Waals surface area (Å²) in [5.41, 5.74) is 3.21. The molecule has 1 aromatic carbocycles. The molecule has 0 N–H and O–H groups in total. The normalized spacial score (nSPS) is 15.8. The van der Waals surface area contributed by atoms with Crippen LogP contribution in [0.5, 0.6) is 0 Å². The Morgan fingerprint density at radius 1 is 1.22 bits per heavy atom. The number of pyridine rings is 1. The number of amides is 1. The summed E-state index contributed by atoms with van der Waals surface area (Å²) < 4.78 is 1.76. The first-order valence-electron chi connectivity index (χ1n) is 8.47. The van der Waals surface area contributed by atoms with Crippen LogP contribution in [0.4, 0.5) is 0 Å². The lowest BCUT2D eigenvalue weighted by atomic mass is 10.0. The molecule has 0 saturated carbocycles. The summed E-state index contributed by atoms with van der Waals surface area (Å²) in [5, 5.41) is 9.03. The smallest absolute Gasteiger partial charge is 0.255 e. The fourth-order valence-corrected chi connectivity index (χ4v) is 3.48. The van der Waals surface area contributed by atoms with Crippen molar-refractivity contribution < 1.29 is 4.79 Å². The Morgan fingerprint density at radius 2 is 2.04 bits per heavy atom. The fourth-order valence-electron chi connectivity index (χ4n) is 3.27. The lowest BCUT2D eigenvalue weighted by Gasteiger charge is -2.33. The molecule has 0 aliphatic carbocycles. The number of benzene rings is 1. The lowest BCUT2D eigenvalue weighted by molar-refractivity contribution is 0.0653. The number of nitrogens with zero attached hydrogens (tertiary/aromatic N) is 5. The number of aromatic nitrogens is 4. The zero-order valence-electron chi connectivity index (χ0n) is 14.6. The molecule has 4 rings (SSSR count). The third-order valence-corrected chi connectivity index (χ3v) is 5.24. The van der Waals surface area contributed by atoms with Crippen molar-refractivity contribution in [3.8, 4) is 5.82 Å². The van der Waals surface area contributed by atoms with Crippen LogP contribution in [0.3, 0.4) is 0 Å². The summed E-state index contributed by atoms with van der Waals surface area (Å²) in [6, 6.07) is 11.2. The van der Waals surface area contributed by atoms with Gasteiger partial charge in [0.15, 0.2) is 5.82 Å². The molecule has 140 valence electrons. The number of hydrogen-bond donors (Lipinski definition) is 0. The van der Waals surface area contributed by atoms with Gasteiger partial charge in [0.25, 0.3) is 5.91 Å². The lowest BCUT2D eigenvalue weighted by Crippen LogP contribution is -2.43. The van der Waals surface area contributed by atoms with Crippen LogP contribution in [0.15, 0.2) is 42.6 Å². The largest absolute Gasteiger partial charge is 0.329 e. The van der Waals surface area contributed by atoms with Crippen molar-refractivity contribution in [3.05, 3.63) is 70.1 Å². The summed E-state index contributed by atoms with van der Waals surface area (Å²) in [5.74, 6) is 0.652. The van der Waals surface area contributed by atoms with Crippen molar-refractivity contribution in [2.75, 3.05) is 0 Å². The highest BCUT2D eigenvalue weighted by Crippen LogP contribution is 2.28. The minimum absolute atomic E-state index is 0. The van der Waals surface area contributed by atoms with Gasteiger partial charge in [-0.15, -0.1) is 5.10 Å². The number of rotatable bonds is 2. The molecule has 0 spiro atoms. The number of aryl methyl sites for hydroxylation is 1. The first-order chi connectivity index (χ1) is 12.6. The van der Waals surface area contributed by atoms with Gasteiger partial charge in [-0.3, -0.25) is 4.79 Å². The van der Waals surface area contributed by atoms with E-state index in [0.717, 1.165) is 22.8 Å². The van der Waals surface area contributed by atoms with E-state index >= 15 is 0 Å². The van der Waals surface area contributed by atoms with E-state index in [0.29, 0.717) is 23.6 Å². The quantitative estimate of drug-likeness (QED) is 0.674. The second-order valence-corrected chi connectivity index (χ2v) is 6.88. The molecular weight excluding hydrogens is 362 g/mol. The zero-order chi connectivity index (χ0) is 18.3. The van der Waals surface area contributed by atoms with Crippen molar-refractivity contribution in [3.63, 3.8) is 0 Å². The van der Waals surface area contributed by atoms with Gasteiger partial charge in [-0.2, -0.15) is 4.68 Å². The maximum absolute atomic E-state index is 13.0. The van der Waals surface area contributed by atoms with Crippen molar-refractivity contribution in [2.45, 2.75) is 40.3 Å². The van der Waals surface area contributed by atoms with Crippen LogP contribution >= 0.6 is 11.6 Å². The minimum atomic E-state index is -0.0794. The standard InChI is InChI=1S/C19H18ClN5O.CH4/c1-12-6-5-7-14(18(12)20)19(26)24-11-15-16(10-13(24)2)25(23-22-15)17-8-3-4-9-21-17;/h3-9,13H,10-11H2,1-2H3;1H4/t13-;/m0./s1. The van der Waals surface area contributed by atoms with Gasteiger partial charge in [-0.25, -0.2) is 4.98 Å². The summed E-state index contributed by atoms with van der Waals surface area (Å²) >= 11 is 6.35.